The molecule has 164 valence electrons. The predicted molar refractivity (Wildman–Crippen MR) is 121 cm³/mol. The van der Waals surface area contributed by atoms with Crippen molar-refractivity contribution in [1.29, 1.82) is 0 Å². The zero-order valence-electron chi connectivity index (χ0n) is 17.9. The summed E-state index contributed by atoms with van der Waals surface area (Å²) in [6, 6.07) is 5.15. The van der Waals surface area contributed by atoms with E-state index in [0.717, 1.165) is 61.3 Å². The number of hydrogen-bond donors (Lipinski definition) is 1. The summed E-state index contributed by atoms with van der Waals surface area (Å²) in [6.07, 6.45) is 13.7. The number of aromatic nitrogens is 6. The second-order valence-corrected chi connectivity index (χ2v) is 8.56. The Balaban J connectivity index is 1.16. The Kier molecular flexibility index (Phi) is 5.12. The summed E-state index contributed by atoms with van der Waals surface area (Å²) >= 11 is 0. The molecule has 1 aliphatic carbocycles. The molecule has 1 N–H and O–H groups in total. The summed E-state index contributed by atoms with van der Waals surface area (Å²) in [6.45, 7) is 3.87. The van der Waals surface area contributed by atoms with E-state index >= 15 is 0 Å². The Labute approximate surface area is 185 Å². The molecule has 4 aromatic heterocycles. The molecule has 32 heavy (non-hydrogen) atoms. The molecule has 1 aliphatic heterocycles. The summed E-state index contributed by atoms with van der Waals surface area (Å²) in [5.41, 5.74) is 4.37. The minimum atomic E-state index is 0.419. The number of pyridine rings is 1. The second-order valence-electron chi connectivity index (χ2n) is 8.56. The van der Waals surface area contributed by atoms with Crippen molar-refractivity contribution in [3.63, 3.8) is 0 Å². The third-order valence-electron chi connectivity index (χ3n) is 6.64. The Hall–Kier alpha value is -3.17. The Morgan fingerprint density at radius 3 is 2.66 bits per heavy atom. The van der Waals surface area contributed by atoms with E-state index in [9.17, 15) is 0 Å². The number of fused-ring (bicyclic) bond motifs is 2. The van der Waals surface area contributed by atoms with Gasteiger partial charge in [-0.25, -0.2) is 19.5 Å². The van der Waals surface area contributed by atoms with Gasteiger partial charge in [0.2, 0.25) is 5.95 Å². The van der Waals surface area contributed by atoms with Crippen molar-refractivity contribution in [3.8, 4) is 11.1 Å². The lowest BCUT2D eigenvalue weighted by Gasteiger charge is -2.38. The van der Waals surface area contributed by atoms with Gasteiger partial charge in [0.1, 0.15) is 5.52 Å². The van der Waals surface area contributed by atoms with E-state index in [-0.39, 0.29) is 0 Å². The second kappa shape index (κ2) is 8.40. The van der Waals surface area contributed by atoms with Gasteiger partial charge in [-0.05, 0) is 37.8 Å². The van der Waals surface area contributed by atoms with Crippen LogP contribution < -0.4 is 5.32 Å². The lowest BCUT2D eigenvalue weighted by Crippen LogP contribution is -2.46. The van der Waals surface area contributed by atoms with Crippen LogP contribution in [0.15, 0.2) is 43.1 Å². The van der Waals surface area contributed by atoms with Gasteiger partial charge >= 0.3 is 0 Å². The Morgan fingerprint density at radius 2 is 1.78 bits per heavy atom. The Morgan fingerprint density at radius 1 is 0.938 bits per heavy atom. The van der Waals surface area contributed by atoms with Gasteiger partial charge in [-0.3, -0.25) is 9.88 Å². The van der Waals surface area contributed by atoms with Gasteiger partial charge in [-0.2, -0.15) is 0 Å². The first-order valence-electron chi connectivity index (χ1n) is 11.3. The van der Waals surface area contributed by atoms with Crippen molar-refractivity contribution in [2.45, 2.75) is 37.8 Å². The number of rotatable bonds is 4. The molecule has 2 aliphatic rings. The standard InChI is InChI=1S/C23H26N8O/c1-3-18(30-9-11-32-12-10-30)4-2-17(1)28-23-27-15-21-19(5-8-31(21)29-23)16-13-20-22(26-14-16)25-7-6-24-20/h5-8,13-15,17-18H,1-4,9-12H2,(H,28,29). The van der Waals surface area contributed by atoms with Crippen LogP contribution in [0, 0.1) is 0 Å². The zero-order chi connectivity index (χ0) is 21.3. The van der Waals surface area contributed by atoms with E-state index in [1.54, 1.807) is 12.4 Å². The molecule has 0 radical (unpaired) electrons. The molecule has 2 fully saturated rings. The van der Waals surface area contributed by atoms with E-state index in [0.29, 0.717) is 23.7 Å². The van der Waals surface area contributed by atoms with E-state index in [1.165, 1.54) is 12.8 Å². The summed E-state index contributed by atoms with van der Waals surface area (Å²) in [4.78, 5) is 20.2. The number of morpholine rings is 1. The van der Waals surface area contributed by atoms with Gasteiger partial charge in [0.25, 0.3) is 0 Å². The number of hydrogen-bond acceptors (Lipinski definition) is 8. The fourth-order valence-corrected chi connectivity index (χ4v) is 4.93. The molecule has 0 amide bonds. The first-order chi connectivity index (χ1) is 15.8. The molecule has 0 bridgehead atoms. The van der Waals surface area contributed by atoms with Crippen LogP contribution in [0.2, 0.25) is 0 Å². The highest BCUT2D eigenvalue weighted by Gasteiger charge is 2.27. The van der Waals surface area contributed by atoms with Gasteiger partial charge in [-0.15, -0.1) is 5.10 Å². The van der Waals surface area contributed by atoms with E-state index in [2.05, 4.69) is 30.2 Å². The third kappa shape index (κ3) is 3.78. The minimum Gasteiger partial charge on any atom is -0.379 e. The van der Waals surface area contributed by atoms with Crippen molar-refractivity contribution < 1.29 is 4.74 Å². The van der Waals surface area contributed by atoms with Crippen molar-refractivity contribution in [2.75, 3.05) is 31.6 Å². The van der Waals surface area contributed by atoms with Crippen LogP contribution in [0.4, 0.5) is 5.95 Å². The van der Waals surface area contributed by atoms with Crippen LogP contribution in [-0.2, 0) is 4.74 Å². The number of nitrogens with zero attached hydrogens (tertiary/aromatic N) is 7. The quantitative estimate of drug-likeness (QED) is 0.528. The average molecular weight is 431 g/mol. The first-order valence-corrected chi connectivity index (χ1v) is 11.3. The van der Waals surface area contributed by atoms with Crippen LogP contribution in [0.3, 0.4) is 0 Å². The van der Waals surface area contributed by atoms with Crippen LogP contribution in [0.5, 0.6) is 0 Å². The number of anilines is 1. The van der Waals surface area contributed by atoms with Gasteiger partial charge in [0, 0.05) is 61.1 Å². The van der Waals surface area contributed by atoms with Crippen molar-refractivity contribution in [3.05, 3.63) is 43.1 Å². The topological polar surface area (TPSA) is 93.4 Å². The maximum atomic E-state index is 5.49. The summed E-state index contributed by atoms with van der Waals surface area (Å²) < 4.78 is 7.37. The zero-order valence-corrected chi connectivity index (χ0v) is 17.9. The molecule has 6 rings (SSSR count). The fraction of sp³-hybridized carbons (Fsp3) is 0.435. The molecule has 9 heteroatoms. The highest BCUT2D eigenvalue weighted by Crippen LogP contribution is 2.28. The monoisotopic (exact) mass is 430 g/mol. The molecule has 0 spiro atoms. The average Bonchev–Trinajstić information content (AvgIpc) is 3.28. The summed E-state index contributed by atoms with van der Waals surface area (Å²) in [5, 5.41) is 8.26. The molecule has 0 atom stereocenters. The lowest BCUT2D eigenvalue weighted by atomic mass is 9.90. The van der Waals surface area contributed by atoms with Gasteiger partial charge in [0.05, 0.1) is 24.9 Å². The van der Waals surface area contributed by atoms with Crippen molar-refractivity contribution in [2.24, 2.45) is 0 Å². The normalized spacial score (nSPS) is 22.4. The molecular formula is C23H26N8O. The smallest absolute Gasteiger partial charge is 0.241 e. The maximum Gasteiger partial charge on any atom is 0.241 e. The number of nitrogens with one attached hydrogen (secondary N) is 1. The van der Waals surface area contributed by atoms with Crippen LogP contribution in [0.1, 0.15) is 25.7 Å². The molecule has 4 aromatic rings. The van der Waals surface area contributed by atoms with Gasteiger partial charge in [-0.1, -0.05) is 0 Å². The highest BCUT2D eigenvalue weighted by atomic mass is 16.5. The van der Waals surface area contributed by atoms with Gasteiger partial charge < -0.3 is 10.1 Å². The van der Waals surface area contributed by atoms with E-state index in [1.807, 2.05) is 35.2 Å². The van der Waals surface area contributed by atoms with E-state index in [4.69, 9.17) is 9.84 Å². The maximum absolute atomic E-state index is 5.49. The molecular weight excluding hydrogens is 404 g/mol. The molecule has 0 aromatic carbocycles. The fourth-order valence-electron chi connectivity index (χ4n) is 4.93. The first kappa shape index (κ1) is 19.5. The largest absolute Gasteiger partial charge is 0.379 e. The lowest BCUT2D eigenvalue weighted by molar-refractivity contribution is 0.00790. The van der Waals surface area contributed by atoms with Gasteiger partial charge in [0.15, 0.2) is 5.65 Å². The van der Waals surface area contributed by atoms with E-state index < -0.39 is 0 Å². The summed E-state index contributed by atoms with van der Waals surface area (Å²) in [5.74, 6) is 0.678. The molecule has 1 saturated carbocycles. The van der Waals surface area contributed by atoms with Crippen LogP contribution in [0.25, 0.3) is 27.8 Å². The highest BCUT2D eigenvalue weighted by molar-refractivity contribution is 5.84. The Bertz CT molecular complexity index is 1230. The SMILES string of the molecule is c1cnc2ncc(-c3ccn4nc(NC5CCC(N6CCOCC6)CC5)ncc34)cc2n1. The molecule has 0 unspecified atom stereocenters. The predicted octanol–water partition coefficient (Wildman–Crippen LogP) is 2.79. The third-order valence-corrected chi connectivity index (χ3v) is 6.64. The molecule has 5 heterocycles. The van der Waals surface area contributed by atoms with Crippen molar-refractivity contribution >= 4 is 22.6 Å². The minimum absolute atomic E-state index is 0.419. The van der Waals surface area contributed by atoms with Crippen molar-refractivity contribution in [1.82, 2.24) is 34.4 Å². The van der Waals surface area contributed by atoms with Crippen LogP contribution in [-0.4, -0.2) is 72.8 Å². The van der Waals surface area contributed by atoms with Crippen LogP contribution >= 0.6 is 0 Å². The molecule has 1 saturated heterocycles. The number of ether oxygens (including phenoxy) is 1. The molecule has 9 nitrogen and oxygen atoms in total. The summed E-state index contributed by atoms with van der Waals surface area (Å²) in [7, 11) is 0.